The van der Waals surface area contributed by atoms with Gasteiger partial charge in [0.15, 0.2) is 6.04 Å². The molecule has 190 valence electrons. The van der Waals surface area contributed by atoms with E-state index in [1.165, 1.54) is 27.2 Å². The quantitative estimate of drug-likeness (QED) is 0.222. The number of esters is 1. The Bertz CT molecular complexity index is 1230. The van der Waals surface area contributed by atoms with Gasteiger partial charge in [0, 0.05) is 11.1 Å². The fourth-order valence-electron chi connectivity index (χ4n) is 3.81. The van der Waals surface area contributed by atoms with Crippen LogP contribution in [0.2, 0.25) is 0 Å². The summed E-state index contributed by atoms with van der Waals surface area (Å²) < 4.78 is 46.6. The highest BCUT2D eigenvalue weighted by Gasteiger charge is 2.34. The first kappa shape index (κ1) is 26.9. The number of hydroxylamine groups is 1. The van der Waals surface area contributed by atoms with Gasteiger partial charge in [0.1, 0.15) is 6.61 Å². The van der Waals surface area contributed by atoms with Crippen molar-refractivity contribution in [2.24, 2.45) is 5.16 Å². The first-order valence-corrected chi connectivity index (χ1v) is 11.1. The largest absolute Gasteiger partial charge is 0.468 e. The van der Waals surface area contributed by atoms with E-state index >= 15 is 0 Å². The highest BCUT2D eigenvalue weighted by molar-refractivity contribution is 6.00. The lowest BCUT2D eigenvalue weighted by Crippen LogP contribution is -2.30. The van der Waals surface area contributed by atoms with Crippen LogP contribution in [0.4, 0.5) is 13.2 Å². The van der Waals surface area contributed by atoms with Crippen molar-refractivity contribution in [2.45, 2.75) is 32.7 Å². The number of aryl methyl sites for hydroxylation is 1. The second-order valence-corrected chi connectivity index (χ2v) is 8.00. The van der Waals surface area contributed by atoms with Gasteiger partial charge in [-0.2, -0.15) is 18.7 Å². The molecule has 1 atom stereocenters. The van der Waals surface area contributed by atoms with Crippen LogP contribution < -0.4 is 5.48 Å². The Balaban J connectivity index is 1.90. The van der Waals surface area contributed by atoms with Gasteiger partial charge in [-0.1, -0.05) is 65.8 Å². The smallest absolute Gasteiger partial charge is 0.417 e. The van der Waals surface area contributed by atoms with Gasteiger partial charge in [-0.25, -0.2) is 4.79 Å². The number of alkyl halides is 3. The number of carbonyl (C=O) groups is 1. The molecular formula is C27H27F3N2O4. The molecule has 0 fully saturated rings. The van der Waals surface area contributed by atoms with Crippen molar-refractivity contribution in [3.8, 4) is 11.1 Å². The summed E-state index contributed by atoms with van der Waals surface area (Å²) in [5.74, 6) is -0.572. The average molecular weight is 501 g/mol. The van der Waals surface area contributed by atoms with Crippen molar-refractivity contribution < 1.29 is 32.4 Å². The first-order chi connectivity index (χ1) is 17.2. The molecule has 0 spiro atoms. The zero-order valence-corrected chi connectivity index (χ0v) is 20.3. The number of ether oxygens (including phenoxy) is 1. The van der Waals surface area contributed by atoms with E-state index in [4.69, 9.17) is 14.4 Å². The van der Waals surface area contributed by atoms with Gasteiger partial charge in [0.05, 0.1) is 25.5 Å². The summed E-state index contributed by atoms with van der Waals surface area (Å²) in [6.45, 7) is 3.20. The number of benzene rings is 3. The van der Waals surface area contributed by atoms with Gasteiger partial charge < -0.3 is 14.4 Å². The second kappa shape index (κ2) is 11.8. The molecule has 9 heteroatoms. The Hall–Kier alpha value is -3.69. The second-order valence-electron chi connectivity index (χ2n) is 8.00. The number of hydrogen-bond acceptors (Lipinski definition) is 6. The van der Waals surface area contributed by atoms with Crippen LogP contribution in [-0.4, -0.2) is 25.9 Å². The fourth-order valence-corrected chi connectivity index (χ4v) is 3.81. The molecule has 3 rings (SSSR count). The van der Waals surface area contributed by atoms with Crippen molar-refractivity contribution in [3.63, 3.8) is 0 Å². The third-order valence-electron chi connectivity index (χ3n) is 5.66. The van der Waals surface area contributed by atoms with Crippen LogP contribution in [0.1, 0.15) is 40.8 Å². The van der Waals surface area contributed by atoms with Gasteiger partial charge in [0.25, 0.3) is 0 Å². The van der Waals surface area contributed by atoms with Crippen molar-refractivity contribution in [1.82, 2.24) is 5.48 Å². The maximum atomic E-state index is 13.9. The van der Waals surface area contributed by atoms with E-state index in [-0.39, 0.29) is 17.9 Å². The summed E-state index contributed by atoms with van der Waals surface area (Å²) in [6, 6.07) is 17.3. The molecule has 0 aliphatic heterocycles. The summed E-state index contributed by atoms with van der Waals surface area (Å²) >= 11 is 0. The molecule has 0 aliphatic carbocycles. The zero-order chi connectivity index (χ0) is 26.3. The molecule has 6 nitrogen and oxygen atoms in total. The van der Waals surface area contributed by atoms with Crippen molar-refractivity contribution in [2.75, 3.05) is 14.2 Å². The number of carbonyl (C=O) groups excluding carboxylic acids is 1. The molecule has 1 N–H and O–H groups in total. The topological polar surface area (TPSA) is 69.2 Å². The minimum atomic E-state index is -4.58. The van der Waals surface area contributed by atoms with Gasteiger partial charge in [-0.3, -0.25) is 0 Å². The zero-order valence-electron chi connectivity index (χ0n) is 20.3. The van der Waals surface area contributed by atoms with E-state index < -0.39 is 23.8 Å². The van der Waals surface area contributed by atoms with Crippen LogP contribution in [-0.2, 0) is 32.0 Å². The monoisotopic (exact) mass is 500 g/mol. The molecule has 36 heavy (non-hydrogen) atoms. The van der Waals surface area contributed by atoms with Crippen LogP contribution >= 0.6 is 0 Å². The molecule has 0 saturated heterocycles. The van der Waals surface area contributed by atoms with Gasteiger partial charge >= 0.3 is 12.1 Å². The lowest BCUT2D eigenvalue weighted by Gasteiger charge is -2.20. The first-order valence-electron chi connectivity index (χ1n) is 11.1. The highest BCUT2D eigenvalue weighted by Crippen LogP contribution is 2.35. The number of nitrogens with zero attached hydrogens (tertiary/aromatic N) is 1. The third-order valence-corrected chi connectivity index (χ3v) is 5.66. The van der Waals surface area contributed by atoms with Crippen LogP contribution in [0, 0.1) is 6.92 Å². The normalized spacial score (nSPS) is 12.8. The minimum absolute atomic E-state index is 0.0663. The van der Waals surface area contributed by atoms with Crippen LogP contribution in [0.5, 0.6) is 0 Å². The number of rotatable bonds is 9. The van der Waals surface area contributed by atoms with Crippen molar-refractivity contribution in [1.29, 1.82) is 0 Å². The fraction of sp³-hybridized carbons (Fsp3) is 0.259. The van der Waals surface area contributed by atoms with E-state index in [9.17, 15) is 18.0 Å². The number of methoxy groups -OCH3 is 1. The minimum Gasteiger partial charge on any atom is -0.468 e. The maximum Gasteiger partial charge on any atom is 0.417 e. The molecule has 0 bridgehead atoms. The van der Waals surface area contributed by atoms with Crippen LogP contribution in [0.3, 0.4) is 0 Å². The Morgan fingerprint density at radius 2 is 1.72 bits per heavy atom. The molecule has 0 saturated carbocycles. The van der Waals surface area contributed by atoms with Gasteiger partial charge in [0.2, 0.25) is 0 Å². The summed E-state index contributed by atoms with van der Waals surface area (Å²) in [7, 11) is 2.63. The Morgan fingerprint density at radius 3 is 2.36 bits per heavy atom. The summed E-state index contributed by atoms with van der Waals surface area (Å²) in [5.41, 5.74) is 4.87. The molecule has 0 radical (unpaired) electrons. The third kappa shape index (κ3) is 6.30. The molecule has 0 aromatic heterocycles. The number of oxime groups is 1. The highest BCUT2D eigenvalue weighted by atomic mass is 19.4. The predicted octanol–water partition coefficient (Wildman–Crippen LogP) is 5.99. The van der Waals surface area contributed by atoms with E-state index in [2.05, 4.69) is 10.6 Å². The number of nitrogens with one attached hydrogen (secondary N) is 1. The lowest BCUT2D eigenvalue weighted by atomic mass is 9.96. The van der Waals surface area contributed by atoms with E-state index in [1.54, 1.807) is 48.5 Å². The Kier molecular flexibility index (Phi) is 8.84. The standard InChI is InChI=1S/C27H27F3N2O4/c1-17-9-8-12-22(25(32-35-4)26(33)34-3)23(17)16-36-31-18(2)21-14-13-20(15-24(21)27(28,29)30)19-10-6-5-7-11-19/h5-15,25,32H,16H2,1-4H3/b31-18+. The SMILES string of the molecule is CONC(C(=O)OC)c1cccc(C)c1CO/N=C(\C)c1ccc(-c2ccccc2)cc1C(F)(F)F. The Labute approximate surface area is 207 Å². The lowest BCUT2D eigenvalue weighted by molar-refractivity contribution is -0.147. The maximum absolute atomic E-state index is 13.9. The van der Waals surface area contributed by atoms with Gasteiger partial charge in [-0.15, -0.1) is 0 Å². The molecule has 3 aromatic rings. The summed E-state index contributed by atoms with van der Waals surface area (Å²) in [4.78, 5) is 22.7. The van der Waals surface area contributed by atoms with E-state index in [1.807, 2.05) is 13.0 Å². The summed E-state index contributed by atoms with van der Waals surface area (Å²) in [6.07, 6.45) is -4.58. The average Bonchev–Trinajstić information content (AvgIpc) is 2.87. The Morgan fingerprint density at radius 1 is 1.00 bits per heavy atom. The van der Waals surface area contributed by atoms with E-state index in [0.29, 0.717) is 22.3 Å². The molecule has 0 amide bonds. The molecular weight excluding hydrogens is 473 g/mol. The molecule has 0 heterocycles. The van der Waals surface area contributed by atoms with Crippen molar-refractivity contribution in [3.05, 3.63) is 94.5 Å². The van der Waals surface area contributed by atoms with E-state index in [0.717, 1.165) is 11.6 Å². The van der Waals surface area contributed by atoms with Crippen LogP contribution in [0.25, 0.3) is 11.1 Å². The van der Waals surface area contributed by atoms with Crippen molar-refractivity contribution >= 4 is 11.7 Å². The molecule has 1 unspecified atom stereocenters. The number of hydrogen-bond donors (Lipinski definition) is 1. The number of halogens is 3. The molecule has 3 aromatic carbocycles. The predicted molar refractivity (Wildman–Crippen MR) is 130 cm³/mol. The van der Waals surface area contributed by atoms with Crippen LogP contribution in [0.15, 0.2) is 71.9 Å². The van der Waals surface area contributed by atoms with Gasteiger partial charge in [-0.05, 0) is 42.2 Å². The molecule has 0 aliphatic rings. The summed E-state index contributed by atoms with van der Waals surface area (Å²) in [5, 5.41) is 3.97.